The van der Waals surface area contributed by atoms with Gasteiger partial charge in [0, 0.05) is 21.5 Å². The largest absolute Gasteiger partial charge is 0.492 e. The van der Waals surface area contributed by atoms with E-state index in [1.807, 2.05) is 12.1 Å². The molecule has 0 N–H and O–H groups in total. The molecule has 0 aromatic heterocycles. The first-order valence-electron chi connectivity index (χ1n) is 9.05. The monoisotopic (exact) mass is 418 g/mol. The van der Waals surface area contributed by atoms with Crippen molar-refractivity contribution in [2.75, 3.05) is 56.9 Å². The van der Waals surface area contributed by atoms with Gasteiger partial charge in [0.05, 0.1) is 56.9 Å². The van der Waals surface area contributed by atoms with Gasteiger partial charge in [-0.05, 0) is 12.1 Å². The molecule has 162 valence electrons. The summed E-state index contributed by atoms with van der Waals surface area (Å²) in [6.45, 7) is 0. The van der Waals surface area contributed by atoms with Crippen molar-refractivity contribution in [3.8, 4) is 46.0 Å². The highest BCUT2D eigenvalue weighted by atomic mass is 16.6. The van der Waals surface area contributed by atoms with Gasteiger partial charge >= 0.3 is 0 Å². The fourth-order valence-electron chi connectivity index (χ4n) is 3.81. The maximum absolute atomic E-state index is 5.68. The van der Waals surface area contributed by atoms with Gasteiger partial charge in [0.2, 0.25) is 23.0 Å². The van der Waals surface area contributed by atoms with Crippen LogP contribution in [0, 0.1) is 0 Å². The summed E-state index contributed by atoms with van der Waals surface area (Å²) in [6.07, 6.45) is 0. The van der Waals surface area contributed by atoms with Crippen molar-refractivity contribution in [3.63, 3.8) is 0 Å². The molecule has 0 radical (unpaired) electrons. The first-order chi connectivity index (χ1) is 14.6. The van der Waals surface area contributed by atoms with E-state index >= 15 is 0 Å². The lowest BCUT2D eigenvalue weighted by Crippen LogP contribution is -2.01. The molecule has 0 aliphatic carbocycles. The first kappa shape index (κ1) is 21.3. The Balaban J connectivity index is 2.66. The maximum atomic E-state index is 5.68. The van der Waals surface area contributed by atoms with Gasteiger partial charge in [-0.3, -0.25) is 0 Å². The predicted octanol–water partition coefficient (Wildman–Crippen LogP) is 4.06. The van der Waals surface area contributed by atoms with Crippen LogP contribution < -0.4 is 37.9 Å². The average molecular weight is 418 g/mol. The van der Waals surface area contributed by atoms with E-state index in [2.05, 4.69) is 0 Å². The molecule has 8 heteroatoms. The minimum atomic E-state index is 0.426. The van der Waals surface area contributed by atoms with E-state index < -0.39 is 0 Å². The molecule has 0 fully saturated rings. The van der Waals surface area contributed by atoms with Crippen LogP contribution in [-0.2, 0) is 0 Å². The second kappa shape index (κ2) is 8.52. The zero-order valence-electron chi connectivity index (χ0n) is 18.4. The van der Waals surface area contributed by atoms with Gasteiger partial charge in [0.15, 0.2) is 23.0 Å². The molecule has 0 aliphatic rings. The zero-order chi connectivity index (χ0) is 22.0. The van der Waals surface area contributed by atoms with Crippen molar-refractivity contribution >= 4 is 21.5 Å². The lowest BCUT2D eigenvalue weighted by Gasteiger charge is -2.22. The van der Waals surface area contributed by atoms with Crippen LogP contribution in [0.4, 0.5) is 0 Å². The normalized spacial score (nSPS) is 10.7. The molecule has 3 rings (SSSR count). The fraction of sp³-hybridized carbons (Fsp3) is 0.364. The second-order valence-corrected chi connectivity index (χ2v) is 6.21. The number of benzene rings is 3. The summed E-state index contributed by atoms with van der Waals surface area (Å²) in [6, 6.07) is 3.83. The van der Waals surface area contributed by atoms with Gasteiger partial charge in [-0.1, -0.05) is 0 Å². The maximum Gasteiger partial charge on any atom is 0.207 e. The standard InChI is InChI=1S/C22H26O8/c1-23-15-11-9-13-14(10-12(11)16(24-2)20(28-6)19(15)27-5)18(26-4)22(30-8)21(29-7)17(13)25-3/h9-10H,1-8H3. The van der Waals surface area contributed by atoms with Crippen LogP contribution >= 0.6 is 0 Å². The zero-order valence-corrected chi connectivity index (χ0v) is 18.4. The van der Waals surface area contributed by atoms with Crippen LogP contribution in [-0.4, -0.2) is 56.9 Å². The number of methoxy groups -OCH3 is 8. The van der Waals surface area contributed by atoms with Gasteiger partial charge in [-0.15, -0.1) is 0 Å². The molecular formula is C22H26O8. The van der Waals surface area contributed by atoms with Crippen LogP contribution in [0.3, 0.4) is 0 Å². The van der Waals surface area contributed by atoms with E-state index in [1.54, 1.807) is 56.9 Å². The molecular weight excluding hydrogens is 392 g/mol. The lowest BCUT2D eigenvalue weighted by atomic mass is 9.98. The molecule has 0 bridgehead atoms. The summed E-state index contributed by atoms with van der Waals surface area (Å²) in [5.74, 6) is 3.71. The SMILES string of the molecule is COc1c(OC)c(OC)c2cc3c(OC)c(OC)c(OC)c(OC)c3cc2c1OC. The molecule has 0 saturated carbocycles. The van der Waals surface area contributed by atoms with Crippen molar-refractivity contribution in [2.24, 2.45) is 0 Å². The van der Waals surface area contributed by atoms with E-state index in [9.17, 15) is 0 Å². The third kappa shape index (κ3) is 2.91. The summed E-state index contributed by atoms with van der Waals surface area (Å²) in [5.41, 5.74) is 0. The molecule has 3 aromatic rings. The van der Waals surface area contributed by atoms with Gasteiger partial charge in [-0.25, -0.2) is 0 Å². The van der Waals surface area contributed by atoms with Gasteiger partial charge in [0.25, 0.3) is 0 Å². The highest BCUT2D eigenvalue weighted by Gasteiger charge is 2.28. The summed E-state index contributed by atoms with van der Waals surface area (Å²) in [4.78, 5) is 0. The Morgan fingerprint density at radius 3 is 0.600 bits per heavy atom. The minimum absolute atomic E-state index is 0.426. The van der Waals surface area contributed by atoms with Crippen LogP contribution in [0.15, 0.2) is 12.1 Å². The Hall–Kier alpha value is -3.42. The Kier molecular flexibility index (Phi) is 6.05. The van der Waals surface area contributed by atoms with Crippen molar-refractivity contribution in [1.82, 2.24) is 0 Å². The molecule has 0 spiro atoms. The molecule has 0 saturated heterocycles. The summed E-state index contributed by atoms with van der Waals surface area (Å²) < 4.78 is 45.0. The van der Waals surface area contributed by atoms with E-state index in [4.69, 9.17) is 37.9 Å². The summed E-state index contributed by atoms with van der Waals surface area (Å²) in [5, 5.41) is 2.97. The molecule has 0 heterocycles. The number of fused-ring (bicyclic) bond motifs is 2. The Morgan fingerprint density at radius 2 is 0.467 bits per heavy atom. The minimum Gasteiger partial charge on any atom is -0.492 e. The third-order valence-corrected chi connectivity index (χ3v) is 5.01. The number of hydrogen-bond acceptors (Lipinski definition) is 8. The van der Waals surface area contributed by atoms with Crippen molar-refractivity contribution in [2.45, 2.75) is 0 Å². The van der Waals surface area contributed by atoms with Crippen molar-refractivity contribution < 1.29 is 37.9 Å². The molecule has 8 nitrogen and oxygen atoms in total. The van der Waals surface area contributed by atoms with Crippen LogP contribution in [0.5, 0.6) is 46.0 Å². The fourth-order valence-corrected chi connectivity index (χ4v) is 3.81. The van der Waals surface area contributed by atoms with E-state index in [0.29, 0.717) is 46.0 Å². The molecule has 0 unspecified atom stereocenters. The molecule has 30 heavy (non-hydrogen) atoms. The molecule has 0 atom stereocenters. The summed E-state index contributed by atoms with van der Waals surface area (Å²) >= 11 is 0. The third-order valence-electron chi connectivity index (χ3n) is 5.01. The highest BCUT2D eigenvalue weighted by molar-refractivity contribution is 6.11. The lowest BCUT2D eigenvalue weighted by molar-refractivity contribution is 0.309. The van der Waals surface area contributed by atoms with Crippen molar-refractivity contribution in [1.29, 1.82) is 0 Å². The van der Waals surface area contributed by atoms with E-state index in [1.165, 1.54) is 0 Å². The van der Waals surface area contributed by atoms with Gasteiger partial charge in [0.1, 0.15) is 0 Å². The van der Waals surface area contributed by atoms with Crippen molar-refractivity contribution in [3.05, 3.63) is 12.1 Å². The Morgan fingerprint density at radius 1 is 0.300 bits per heavy atom. The highest BCUT2D eigenvalue weighted by Crippen LogP contribution is 2.56. The van der Waals surface area contributed by atoms with E-state index in [-0.39, 0.29) is 0 Å². The van der Waals surface area contributed by atoms with Gasteiger partial charge < -0.3 is 37.9 Å². The molecule has 0 amide bonds. The quantitative estimate of drug-likeness (QED) is 0.507. The second-order valence-electron chi connectivity index (χ2n) is 6.21. The molecule has 3 aromatic carbocycles. The number of hydrogen-bond donors (Lipinski definition) is 0. The van der Waals surface area contributed by atoms with E-state index in [0.717, 1.165) is 21.5 Å². The number of ether oxygens (including phenoxy) is 8. The predicted molar refractivity (Wildman–Crippen MR) is 114 cm³/mol. The Labute approximate surface area is 175 Å². The average Bonchev–Trinajstić information content (AvgIpc) is 2.79. The van der Waals surface area contributed by atoms with Crippen LogP contribution in [0.2, 0.25) is 0 Å². The number of rotatable bonds is 8. The smallest absolute Gasteiger partial charge is 0.207 e. The first-order valence-corrected chi connectivity index (χ1v) is 9.05. The van der Waals surface area contributed by atoms with Crippen LogP contribution in [0.25, 0.3) is 21.5 Å². The molecule has 0 aliphatic heterocycles. The topological polar surface area (TPSA) is 73.8 Å². The van der Waals surface area contributed by atoms with Gasteiger partial charge in [-0.2, -0.15) is 0 Å². The van der Waals surface area contributed by atoms with Crippen LogP contribution in [0.1, 0.15) is 0 Å². The summed E-state index contributed by atoms with van der Waals surface area (Å²) in [7, 11) is 12.5. The Bertz CT molecular complexity index is 922.